The molecule has 1 saturated carbocycles. The molecule has 0 unspecified atom stereocenters. The summed E-state index contributed by atoms with van der Waals surface area (Å²) in [4.78, 5) is 27.3. The molecular weight excluding hydrogens is 410 g/mol. The van der Waals surface area contributed by atoms with Gasteiger partial charge >= 0.3 is 5.97 Å². The maximum absolute atomic E-state index is 12.9. The van der Waals surface area contributed by atoms with Crippen LogP contribution in [0.15, 0.2) is 53.2 Å². The largest absolute Gasteiger partial charge is 0.497 e. The van der Waals surface area contributed by atoms with E-state index < -0.39 is 12.6 Å². The third kappa shape index (κ3) is 4.37. The molecule has 0 aliphatic heterocycles. The van der Waals surface area contributed by atoms with Gasteiger partial charge in [-0.1, -0.05) is 12.1 Å². The summed E-state index contributed by atoms with van der Waals surface area (Å²) in [6.07, 6.45) is 5.28. The summed E-state index contributed by atoms with van der Waals surface area (Å²) in [6, 6.07) is 13.2. The zero-order chi connectivity index (χ0) is 22.7. The van der Waals surface area contributed by atoms with Gasteiger partial charge in [-0.3, -0.25) is 9.36 Å². The summed E-state index contributed by atoms with van der Waals surface area (Å²) in [7, 11) is 1.60. The van der Waals surface area contributed by atoms with Crippen molar-refractivity contribution < 1.29 is 23.5 Å². The number of ether oxygens (including phenoxy) is 2. The van der Waals surface area contributed by atoms with Crippen LogP contribution in [0.5, 0.6) is 5.75 Å². The maximum Gasteiger partial charge on any atom is 0.343 e. The molecule has 0 atom stereocenters. The number of rotatable bonds is 8. The van der Waals surface area contributed by atoms with E-state index in [9.17, 15) is 14.9 Å². The number of benzene rings is 1. The summed E-state index contributed by atoms with van der Waals surface area (Å²) < 4.78 is 17.7. The number of nitriles is 1. The molecule has 32 heavy (non-hydrogen) atoms. The van der Waals surface area contributed by atoms with Gasteiger partial charge in [0.2, 0.25) is 5.88 Å². The predicted molar refractivity (Wildman–Crippen MR) is 114 cm³/mol. The predicted octanol–water partition coefficient (Wildman–Crippen LogP) is 3.61. The van der Waals surface area contributed by atoms with Crippen molar-refractivity contribution in [1.82, 2.24) is 9.47 Å². The van der Waals surface area contributed by atoms with Crippen LogP contribution in [-0.4, -0.2) is 41.1 Å². The van der Waals surface area contributed by atoms with Crippen molar-refractivity contribution in [1.29, 1.82) is 5.26 Å². The molecular formula is C24H23N3O5. The standard InChI is InChI=1S/C24H23N3O5/c1-16-22(20(13-25)23(32-16)26-11-3-4-12-26)24(29)31-15-21(28)27(18-7-8-18)14-17-5-9-19(30-2)10-6-17/h3-6,9-12,18H,7-8,14-15H2,1-2H3. The number of hydrogen-bond acceptors (Lipinski definition) is 6. The molecule has 0 N–H and O–H groups in total. The molecule has 0 spiro atoms. The smallest absolute Gasteiger partial charge is 0.343 e. The van der Waals surface area contributed by atoms with E-state index in [4.69, 9.17) is 13.9 Å². The molecule has 0 radical (unpaired) electrons. The topological polar surface area (TPSA) is 97.7 Å². The van der Waals surface area contributed by atoms with Gasteiger partial charge in [0.25, 0.3) is 5.91 Å². The molecule has 1 aliphatic carbocycles. The van der Waals surface area contributed by atoms with Crippen molar-refractivity contribution in [3.63, 3.8) is 0 Å². The van der Waals surface area contributed by atoms with Crippen molar-refractivity contribution >= 4 is 11.9 Å². The van der Waals surface area contributed by atoms with Gasteiger partial charge < -0.3 is 18.8 Å². The number of hydrogen-bond donors (Lipinski definition) is 0. The average molecular weight is 433 g/mol. The fourth-order valence-electron chi connectivity index (χ4n) is 3.55. The first-order valence-electron chi connectivity index (χ1n) is 10.3. The quantitative estimate of drug-likeness (QED) is 0.504. The third-order valence-corrected chi connectivity index (χ3v) is 5.37. The van der Waals surface area contributed by atoms with E-state index in [-0.39, 0.29) is 34.7 Å². The Hall–Kier alpha value is -3.99. The number of nitrogens with zero attached hydrogens (tertiary/aromatic N) is 3. The number of carbonyl (C=O) groups is 2. The zero-order valence-electron chi connectivity index (χ0n) is 17.9. The molecule has 3 aromatic rings. The van der Waals surface area contributed by atoms with Gasteiger partial charge in [0.15, 0.2) is 6.61 Å². The van der Waals surface area contributed by atoms with Gasteiger partial charge in [0.1, 0.15) is 28.7 Å². The highest BCUT2D eigenvalue weighted by Crippen LogP contribution is 2.29. The lowest BCUT2D eigenvalue weighted by Gasteiger charge is -2.22. The molecule has 2 aromatic heterocycles. The second kappa shape index (κ2) is 9.02. The summed E-state index contributed by atoms with van der Waals surface area (Å²) in [6.45, 7) is 1.61. The van der Waals surface area contributed by atoms with Crippen LogP contribution in [-0.2, 0) is 16.1 Å². The minimum absolute atomic E-state index is 0.0390. The van der Waals surface area contributed by atoms with E-state index in [0.29, 0.717) is 6.54 Å². The van der Waals surface area contributed by atoms with E-state index in [1.54, 1.807) is 48.0 Å². The second-order valence-electron chi connectivity index (χ2n) is 7.59. The van der Waals surface area contributed by atoms with Crippen molar-refractivity contribution in [2.24, 2.45) is 0 Å². The average Bonchev–Trinajstić information content (AvgIpc) is 3.38. The molecule has 164 valence electrons. The molecule has 8 nitrogen and oxygen atoms in total. The van der Waals surface area contributed by atoms with Crippen LogP contribution in [0.3, 0.4) is 0 Å². The van der Waals surface area contributed by atoms with Gasteiger partial charge in [-0.25, -0.2) is 4.79 Å². The number of methoxy groups -OCH3 is 1. The number of furan rings is 1. The molecule has 0 saturated heterocycles. The fraction of sp³-hybridized carbons (Fsp3) is 0.292. The van der Waals surface area contributed by atoms with Crippen LogP contribution in [0.1, 0.15) is 40.1 Å². The van der Waals surface area contributed by atoms with Gasteiger partial charge in [-0.05, 0) is 49.6 Å². The zero-order valence-corrected chi connectivity index (χ0v) is 17.9. The summed E-state index contributed by atoms with van der Waals surface area (Å²) in [5.74, 6) is 0.221. The lowest BCUT2D eigenvalue weighted by molar-refractivity contribution is -0.135. The van der Waals surface area contributed by atoms with Crippen molar-refractivity contribution in [3.05, 3.63) is 71.2 Å². The Morgan fingerprint density at radius 3 is 2.50 bits per heavy atom. The molecule has 1 fully saturated rings. The van der Waals surface area contributed by atoms with E-state index in [1.165, 1.54) is 0 Å². The lowest BCUT2D eigenvalue weighted by atomic mass is 10.1. The number of esters is 1. The summed E-state index contributed by atoms with van der Waals surface area (Å²) in [5, 5.41) is 9.59. The Morgan fingerprint density at radius 2 is 1.91 bits per heavy atom. The van der Waals surface area contributed by atoms with Crippen molar-refractivity contribution in [2.75, 3.05) is 13.7 Å². The number of aryl methyl sites for hydroxylation is 1. The molecule has 1 amide bonds. The van der Waals surface area contributed by atoms with Crippen LogP contribution in [0.4, 0.5) is 0 Å². The van der Waals surface area contributed by atoms with E-state index in [0.717, 1.165) is 24.2 Å². The highest BCUT2D eigenvalue weighted by molar-refractivity contribution is 5.95. The highest BCUT2D eigenvalue weighted by Gasteiger charge is 2.33. The van der Waals surface area contributed by atoms with Gasteiger partial charge in [0, 0.05) is 25.0 Å². The highest BCUT2D eigenvalue weighted by atomic mass is 16.5. The van der Waals surface area contributed by atoms with Crippen molar-refractivity contribution in [2.45, 2.75) is 32.4 Å². The normalized spacial score (nSPS) is 12.8. The van der Waals surface area contributed by atoms with Crippen LogP contribution < -0.4 is 4.74 Å². The Labute approximate surface area is 185 Å². The monoisotopic (exact) mass is 433 g/mol. The summed E-state index contributed by atoms with van der Waals surface area (Å²) in [5.41, 5.74) is 1.08. The number of aromatic nitrogens is 1. The third-order valence-electron chi connectivity index (χ3n) is 5.37. The Balaban J connectivity index is 1.45. The van der Waals surface area contributed by atoms with Crippen LogP contribution in [0.2, 0.25) is 0 Å². The first-order chi connectivity index (χ1) is 15.5. The minimum Gasteiger partial charge on any atom is -0.497 e. The molecule has 1 aromatic carbocycles. The van der Waals surface area contributed by atoms with E-state index >= 15 is 0 Å². The molecule has 2 heterocycles. The van der Waals surface area contributed by atoms with Crippen LogP contribution in [0.25, 0.3) is 5.88 Å². The number of amides is 1. The molecule has 0 bridgehead atoms. The first-order valence-corrected chi connectivity index (χ1v) is 10.3. The van der Waals surface area contributed by atoms with E-state index in [2.05, 4.69) is 0 Å². The molecule has 4 rings (SSSR count). The molecule has 8 heteroatoms. The van der Waals surface area contributed by atoms with Crippen LogP contribution >= 0.6 is 0 Å². The Morgan fingerprint density at radius 1 is 1.22 bits per heavy atom. The van der Waals surface area contributed by atoms with Gasteiger partial charge in [-0.2, -0.15) is 5.26 Å². The SMILES string of the molecule is COc1ccc(CN(C(=O)COC(=O)c2c(C)oc(-n3cccc3)c2C#N)C2CC2)cc1. The minimum atomic E-state index is -0.755. The Kier molecular flexibility index (Phi) is 5.99. The maximum atomic E-state index is 12.9. The molecule has 1 aliphatic rings. The number of carbonyl (C=O) groups excluding carboxylic acids is 2. The van der Waals surface area contributed by atoms with Crippen molar-refractivity contribution in [3.8, 4) is 17.7 Å². The van der Waals surface area contributed by atoms with Gasteiger partial charge in [0.05, 0.1) is 7.11 Å². The van der Waals surface area contributed by atoms with Gasteiger partial charge in [-0.15, -0.1) is 0 Å². The van der Waals surface area contributed by atoms with E-state index in [1.807, 2.05) is 30.3 Å². The second-order valence-corrected chi connectivity index (χ2v) is 7.59. The summed E-state index contributed by atoms with van der Waals surface area (Å²) >= 11 is 0. The first kappa shape index (κ1) is 21.2. The Bertz CT molecular complexity index is 1150. The lowest BCUT2D eigenvalue weighted by Crippen LogP contribution is -2.36. The fourth-order valence-corrected chi connectivity index (χ4v) is 3.55. The van der Waals surface area contributed by atoms with Crippen LogP contribution in [0, 0.1) is 18.3 Å².